The van der Waals surface area contributed by atoms with Gasteiger partial charge in [0.1, 0.15) is 11.6 Å². The normalized spacial score (nSPS) is 17.0. The summed E-state index contributed by atoms with van der Waals surface area (Å²) in [6.45, 7) is 34.2. The number of rotatable bonds is 6. The van der Waals surface area contributed by atoms with Crippen LogP contribution in [0.15, 0.2) is 117 Å². The van der Waals surface area contributed by atoms with E-state index in [0.29, 0.717) is 54.3 Å². The first kappa shape index (κ1) is 59.1. The standard InChI is InChI=1S/C33H40FN3O3Si.C33H39FN2O3Si/c1-32(2,3)21-15-20-19-35-37(31(39)30(20)26(34)16-21)27-12-10-11-23-24-13-14-29(38)36(7)28(24)18-22(17-25(23)27)40-41(8,9)33(4,5)6;1-32(2,3)22-14-21-19-35-36(31(38)30(21)28(34)17-22)29-11-9-10-26-25-13-12-23(37)15-20(25)16-24(18-27(26)29)39-40(7,8)33(4,5)6/h10-16,19,22H,17-18H2,1-9H3;9-14,17,19,24H,15-16,18H2,1-8H3. The molecule has 4 aromatic carbocycles. The van der Waals surface area contributed by atoms with Gasteiger partial charge in [-0.1, -0.05) is 119 Å². The Bertz CT molecular complexity index is 3950. The molecule has 0 N–H and O–H groups in total. The largest absolute Gasteiger partial charge is 0.413 e. The summed E-state index contributed by atoms with van der Waals surface area (Å²) < 4.78 is 49.1. The molecule has 0 amide bonds. The molecular weight excluding hydrogens is 1050 g/mol. The number of halogens is 2. The average molecular weight is 1130 g/mol. The van der Waals surface area contributed by atoms with Gasteiger partial charge in [-0.3, -0.25) is 19.2 Å². The number of carbonyl (C=O) groups excluding carboxylic acids is 1. The maximum atomic E-state index is 15.5. The summed E-state index contributed by atoms with van der Waals surface area (Å²) >= 11 is 0. The van der Waals surface area contributed by atoms with Crippen molar-refractivity contribution in [1.29, 1.82) is 0 Å². The lowest BCUT2D eigenvalue weighted by Gasteiger charge is -2.39. The van der Waals surface area contributed by atoms with Crippen molar-refractivity contribution >= 4 is 49.5 Å². The summed E-state index contributed by atoms with van der Waals surface area (Å²) in [6, 6.07) is 21.6. The second-order valence-electron chi connectivity index (χ2n) is 27.6. The number of aromatic nitrogens is 5. The Morgan fingerprint density at radius 2 is 1.01 bits per heavy atom. The number of allylic oxidation sites excluding steroid dienone is 3. The molecule has 15 heteroatoms. The van der Waals surface area contributed by atoms with E-state index in [1.54, 1.807) is 36.2 Å². The molecule has 3 aromatic heterocycles. The van der Waals surface area contributed by atoms with Gasteiger partial charge in [0.15, 0.2) is 22.4 Å². The van der Waals surface area contributed by atoms with Crippen molar-refractivity contribution in [2.75, 3.05) is 0 Å². The molecule has 0 spiro atoms. The summed E-state index contributed by atoms with van der Waals surface area (Å²) in [4.78, 5) is 52.8. The van der Waals surface area contributed by atoms with Crippen molar-refractivity contribution in [3.05, 3.63) is 179 Å². The minimum Gasteiger partial charge on any atom is -0.413 e. The summed E-state index contributed by atoms with van der Waals surface area (Å²) in [5.74, 6) is -1.000. The highest BCUT2D eigenvalue weighted by molar-refractivity contribution is 6.74. The van der Waals surface area contributed by atoms with Gasteiger partial charge in [-0.05, 0) is 141 Å². The first-order valence-corrected chi connectivity index (χ1v) is 34.0. The molecule has 10 rings (SSSR count). The number of hydrogen-bond acceptors (Lipinski definition) is 8. The van der Waals surface area contributed by atoms with Gasteiger partial charge in [0, 0.05) is 60.8 Å². The molecular formula is C66H79F2N5O6Si2. The van der Waals surface area contributed by atoms with Crippen LogP contribution in [0.2, 0.25) is 36.3 Å². The fourth-order valence-corrected chi connectivity index (χ4v) is 13.6. The molecule has 0 fully saturated rings. The maximum absolute atomic E-state index is 15.5. The molecule has 3 aliphatic rings. The Kier molecular flexibility index (Phi) is 15.3. The molecule has 2 atom stereocenters. The SMILES string of the molecule is CC(C)(C)c1cc(F)c2c(=O)n(-c3cccc4c3CC(O[Si](C)(C)C(C)(C)C)CC3=C4C=CC(=O)C3)ncc2c1.Cn1c2c(ccc1=O)-c1cccc(-n3ncc4cc(C(C)(C)C)cc(F)c4c3=O)c1CC(O[Si](C)(C)C(C)(C)C)C2. The van der Waals surface area contributed by atoms with Crippen LogP contribution < -0.4 is 16.7 Å². The third-order valence-corrected chi connectivity index (χ3v) is 26.8. The van der Waals surface area contributed by atoms with Crippen molar-refractivity contribution in [3.63, 3.8) is 0 Å². The molecule has 2 unspecified atom stereocenters. The smallest absolute Gasteiger partial charge is 0.282 e. The van der Waals surface area contributed by atoms with Crippen LogP contribution in [-0.2, 0) is 50.8 Å². The molecule has 0 aliphatic heterocycles. The molecule has 0 radical (unpaired) electrons. The molecule has 11 nitrogen and oxygen atoms in total. The molecule has 0 bridgehead atoms. The lowest BCUT2D eigenvalue weighted by Crippen LogP contribution is -2.45. The molecule has 426 valence electrons. The lowest BCUT2D eigenvalue weighted by molar-refractivity contribution is -0.114. The Balaban J connectivity index is 0.000000196. The number of carbonyl (C=O) groups is 1. The number of pyridine rings is 1. The second-order valence-corrected chi connectivity index (χ2v) is 37.1. The average Bonchev–Trinajstić information content (AvgIpc) is 3.77. The van der Waals surface area contributed by atoms with E-state index in [1.165, 1.54) is 21.5 Å². The number of nitrogens with zero attached hydrogens (tertiary/aromatic N) is 5. The van der Waals surface area contributed by atoms with Crippen LogP contribution in [0.5, 0.6) is 0 Å². The van der Waals surface area contributed by atoms with Crippen molar-refractivity contribution in [2.45, 2.75) is 174 Å². The third-order valence-electron chi connectivity index (χ3n) is 17.7. The predicted molar refractivity (Wildman–Crippen MR) is 328 cm³/mol. The van der Waals surface area contributed by atoms with Crippen LogP contribution in [0.25, 0.3) is 49.6 Å². The van der Waals surface area contributed by atoms with Gasteiger partial charge in [0.2, 0.25) is 5.56 Å². The molecule has 81 heavy (non-hydrogen) atoms. The number of hydrogen-bond donors (Lipinski definition) is 0. The summed E-state index contributed by atoms with van der Waals surface area (Å²) in [7, 11) is -2.53. The van der Waals surface area contributed by atoms with E-state index >= 15 is 8.78 Å². The van der Waals surface area contributed by atoms with Crippen LogP contribution in [0.1, 0.15) is 129 Å². The van der Waals surface area contributed by atoms with E-state index in [9.17, 15) is 19.2 Å². The second kappa shape index (κ2) is 21.0. The Hall–Kier alpha value is -6.53. The van der Waals surface area contributed by atoms with Crippen molar-refractivity contribution in [2.24, 2.45) is 7.05 Å². The first-order chi connectivity index (χ1) is 37.6. The molecule has 3 aliphatic carbocycles. The minimum absolute atomic E-state index is 0.00662. The van der Waals surface area contributed by atoms with E-state index in [1.807, 2.05) is 102 Å². The van der Waals surface area contributed by atoms with E-state index in [2.05, 4.69) is 77.9 Å². The number of benzene rings is 4. The summed E-state index contributed by atoms with van der Waals surface area (Å²) in [6.07, 6.45) is 8.97. The zero-order chi connectivity index (χ0) is 59.3. The van der Waals surface area contributed by atoms with Crippen molar-refractivity contribution < 1.29 is 22.4 Å². The summed E-state index contributed by atoms with van der Waals surface area (Å²) in [5.41, 5.74) is 8.85. The molecule has 0 saturated carbocycles. The van der Waals surface area contributed by atoms with E-state index < -0.39 is 39.4 Å². The molecule has 3 heterocycles. The Morgan fingerprint density at radius 1 is 0.556 bits per heavy atom. The number of ketones is 1. The topological polar surface area (TPSA) is 127 Å². The van der Waals surface area contributed by atoms with Crippen LogP contribution in [0.3, 0.4) is 0 Å². The predicted octanol–water partition coefficient (Wildman–Crippen LogP) is 14.1. The van der Waals surface area contributed by atoms with Crippen LogP contribution >= 0.6 is 0 Å². The van der Waals surface area contributed by atoms with Crippen LogP contribution in [-0.4, -0.2) is 58.8 Å². The van der Waals surface area contributed by atoms with E-state index in [-0.39, 0.29) is 55.2 Å². The monoisotopic (exact) mass is 1130 g/mol. The van der Waals surface area contributed by atoms with Gasteiger partial charge in [0.25, 0.3) is 11.1 Å². The highest BCUT2D eigenvalue weighted by atomic mass is 28.4. The fraction of sp³-hybridized carbons (Fsp3) is 0.424. The molecule has 7 aromatic rings. The first-order valence-electron chi connectivity index (χ1n) is 28.2. The van der Waals surface area contributed by atoms with Crippen LogP contribution in [0, 0.1) is 11.6 Å². The zero-order valence-corrected chi connectivity index (χ0v) is 52.4. The van der Waals surface area contributed by atoms with Gasteiger partial charge in [-0.2, -0.15) is 19.6 Å². The summed E-state index contributed by atoms with van der Waals surface area (Å²) in [5, 5.41) is 10.2. The fourth-order valence-electron chi connectivity index (χ4n) is 10.9. The number of fused-ring (bicyclic) bond motifs is 7. The lowest BCUT2D eigenvalue weighted by atomic mass is 9.86. The maximum Gasteiger partial charge on any atom is 0.282 e. The Labute approximate surface area is 477 Å². The van der Waals surface area contributed by atoms with Crippen molar-refractivity contribution in [3.8, 4) is 22.5 Å². The van der Waals surface area contributed by atoms with Gasteiger partial charge >= 0.3 is 0 Å². The van der Waals surface area contributed by atoms with Gasteiger partial charge in [-0.15, -0.1) is 0 Å². The van der Waals surface area contributed by atoms with Crippen molar-refractivity contribution in [1.82, 2.24) is 24.1 Å². The van der Waals surface area contributed by atoms with Gasteiger partial charge in [0.05, 0.1) is 46.7 Å². The Morgan fingerprint density at radius 3 is 1.48 bits per heavy atom. The minimum atomic E-state index is -2.18. The van der Waals surface area contributed by atoms with Gasteiger partial charge < -0.3 is 13.4 Å². The van der Waals surface area contributed by atoms with E-state index in [4.69, 9.17) is 8.85 Å². The highest BCUT2D eigenvalue weighted by Gasteiger charge is 2.42. The molecule has 0 saturated heterocycles. The quantitative estimate of drug-likeness (QED) is 0.151. The van der Waals surface area contributed by atoms with E-state index in [0.717, 1.165) is 55.8 Å². The zero-order valence-electron chi connectivity index (χ0n) is 50.4. The highest BCUT2D eigenvalue weighted by Crippen LogP contribution is 2.44. The third kappa shape index (κ3) is 11.4. The van der Waals surface area contributed by atoms with Crippen LogP contribution in [0.4, 0.5) is 8.78 Å². The van der Waals surface area contributed by atoms with Gasteiger partial charge in [-0.25, -0.2) is 8.78 Å².